The van der Waals surface area contributed by atoms with E-state index < -0.39 is 6.10 Å². The van der Waals surface area contributed by atoms with Crippen molar-refractivity contribution in [1.29, 1.82) is 0 Å². The molecule has 2 heteroatoms. The van der Waals surface area contributed by atoms with E-state index in [4.69, 9.17) is 0 Å². The van der Waals surface area contributed by atoms with Gasteiger partial charge in [0.05, 0.1) is 0 Å². The number of carbonyl (C=O) groups is 1. The quantitative estimate of drug-likeness (QED) is 0.563. The molecule has 0 aliphatic carbocycles. The molecule has 0 bridgehead atoms. The molecule has 0 spiro atoms. The normalized spacial score (nSPS) is 13.1. The lowest BCUT2D eigenvalue weighted by molar-refractivity contribution is 0.0820. The van der Waals surface area contributed by atoms with Crippen LogP contribution in [0.4, 0.5) is 0 Å². The van der Waals surface area contributed by atoms with Crippen LogP contribution >= 0.6 is 0 Å². The van der Waals surface area contributed by atoms with Crippen LogP contribution in [-0.2, 0) is 0 Å². The Morgan fingerprint density at radius 2 is 2.00 bits per heavy atom. The number of allylic oxidation sites excluding steroid dienone is 1. The summed E-state index contributed by atoms with van der Waals surface area (Å²) in [6.07, 6.45) is 2.10. The van der Waals surface area contributed by atoms with Gasteiger partial charge in [-0.2, -0.15) is 0 Å². The van der Waals surface area contributed by atoms with Crippen molar-refractivity contribution < 1.29 is 9.90 Å². The molecule has 0 radical (unpaired) electrons. The molecule has 0 fully saturated rings. The van der Waals surface area contributed by atoms with Crippen molar-refractivity contribution in [2.75, 3.05) is 0 Å². The van der Waals surface area contributed by atoms with Gasteiger partial charge >= 0.3 is 0 Å². The van der Waals surface area contributed by atoms with E-state index in [0.717, 1.165) is 0 Å². The molecule has 2 nitrogen and oxygen atoms in total. The molecule has 0 amide bonds. The number of aliphatic hydroxyl groups excluding tert-OH is 1. The molecule has 1 unspecified atom stereocenters. The lowest BCUT2D eigenvalue weighted by Gasteiger charge is -2.03. The van der Waals surface area contributed by atoms with E-state index in [2.05, 4.69) is 0 Å². The molecule has 1 rings (SSSR count). The Kier molecular flexibility index (Phi) is 3.41. The van der Waals surface area contributed by atoms with Gasteiger partial charge in [-0.05, 0) is 6.92 Å². The molecule has 0 saturated carbocycles. The lowest BCUT2D eigenvalue weighted by atomic mass is 10.1. The zero-order valence-electron chi connectivity index (χ0n) is 7.47. The summed E-state index contributed by atoms with van der Waals surface area (Å²) >= 11 is 0. The Bertz CT molecular complexity index is 301. The highest BCUT2D eigenvalue weighted by molar-refractivity contribution is 6.00. The molecule has 0 saturated heterocycles. The van der Waals surface area contributed by atoms with E-state index >= 15 is 0 Å². The lowest BCUT2D eigenvalue weighted by Crippen LogP contribution is -2.17. The Labute approximate surface area is 77.5 Å². The summed E-state index contributed by atoms with van der Waals surface area (Å²) in [6.45, 7) is 1.77. The highest BCUT2D eigenvalue weighted by Crippen LogP contribution is 2.03. The third-order valence-electron chi connectivity index (χ3n) is 1.70. The summed E-state index contributed by atoms with van der Waals surface area (Å²) < 4.78 is 0. The van der Waals surface area contributed by atoms with Crippen molar-refractivity contribution >= 4 is 5.78 Å². The molecule has 0 aliphatic heterocycles. The minimum Gasteiger partial charge on any atom is -0.381 e. The molecule has 0 heterocycles. The first-order valence-electron chi connectivity index (χ1n) is 4.16. The number of carbonyl (C=O) groups excluding carboxylic acids is 1. The van der Waals surface area contributed by atoms with Gasteiger partial charge in [0.25, 0.3) is 0 Å². The monoisotopic (exact) mass is 176 g/mol. The third-order valence-corrected chi connectivity index (χ3v) is 1.70. The minimum absolute atomic E-state index is 0.265. The Balaban J connectivity index is 2.80. The summed E-state index contributed by atoms with van der Waals surface area (Å²) in [7, 11) is 0. The number of rotatable bonds is 3. The van der Waals surface area contributed by atoms with Crippen molar-refractivity contribution in [3.05, 3.63) is 48.0 Å². The van der Waals surface area contributed by atoms with Gasteiger partial charge in [-0.25, -0.2) is 0 Å². The van der Waals surface area contributed by atoms with Crippen molar-refractivity contribution in [1.82, 2.24) is 0 Å². The zero-order chi connectivity index (χ0) is 9.68. The number of hydrogen-bond acceptors (Lipinski definition) is 2. The average molecular weight is 176 g/mol. The van der Waals surface area contributed by atoms with Gasteiger partial charge in [0.15, 0.2) is 5.78 Å². The predicted octanol–water partition coefficient (Wildman–Crippen LogP) is 1.81. The number of hydrogen-bond donors (Lipinski definition) is 1. The van der Waals surface area contributed by atoms with Crippen LogP contribution in [0.1, 0.15) is 17.3 Å². The van der Waals surface area contributed by atoms with Gasteiger partial charge in [0.1, 0.15) is 6.10 Å². The van der Waals surface area contributed by atoms with E-state index in [1.165, 1.54) is 6.08 Å². The highest BCUT2D eigenvalue weighted by atomic mass is 16.3. The summed E-state index contributed by atoms with van der Waals surface area (Å²) in [6, 6.07) is 8.76. The minimum atomic E-state index is -1.02. The van der Waals surface area contributed by atoms with Crippen LogP contribution in [0.25, 0.3) is 0 Å². The van der Waals surface area contributed by atoms with Crippen LogP contribution < -0.4 is 0 Å². The first-order valence-corrected chi connectivity index (χ1v) is 4.16. The molecule has 1 aromatic rings. The summed E-state index contributed by atoms with van der Waals surface area (Å²) in [5.41, 5.74) is 0.535. The third kappa shape index (κ3) is 2.53. The molecule has 0 aliphatic rings. The average Bonchev–Trinajstić information content (AvgIpc) is 2.18. The van der Waals surface area contributed by atoms with Crippen molar-refractivity contribution in [2.24, 2.45) is 0 Å². The first kappa shape index (κ1) is 9.68. The maximum Gasteiger partial charge on any atom is 0.195 e. The van der Waals surface area contributed by atoms with Crippen LogP contribution in [0.15, 0.2) is 42.5 Å². The smallest absolute Gasteiger partial charge is 0.195 e. The van der Waals surface area contributed by atoms with E-state index in [1.807, 2.05) is 6.07 Å². The fourth-order valence-corrected chi connectivity index (χ4v) is 1.04. The van der Waals surface area contributed by atoms with Gasteiger partial charge < -0.3 is 5.11 Å². The molecule has 1 atom stereocenters. The zero-order valence-corrected chi connectivity index (χ0v) is 7.47. The van der Waals surface area contributed by atoms with Crippen molar-refractivity contribution in [2.45, 2.75) is 13.0 Å². The fourth-order valence-electron chi connectivity index (χ4n) is 1.04. The van der Waals surface area contributed by atoms with E-state index in [1.54, 1.807) is 37.3 Å². The van der Waals surface area contributed by atoms with E-state index in [-0.39, 0.29) is 5.78 Å². The Hall–Kier alpha value is -1.41. The summed E-state index contributed by atoms with van der Waals surface area (Å²) in [5, 5.41) is 9.33. The SMILES string of the molecule is CC=CC(O)C(=O)c1ccccc1. The Morgan fingerprint density at radius 1 is 1.38 bits per heavy atom. The van der Waals surface area contributed by atoms with Gasteiger partial charge in [0.2, 0.25) is 0 Å². The van der Waals surface area contributed by atoms with Crippen molar-refractivity contribution in [3.63, 3.8) is 0 Å². The van der Waals surface area contributed by atoms with Crippen LogP contribution in [0, 0.1) is 0 Å². The summed E-state index contributed by atoms with van der Waals surface area (Å²) in [5.74, 6) is -0.265. The molecular weight excluding hydrogens is 164 g/mol. The fraction of sp³-hybridized carbons (Fsp3) is 0.182. The maximum atomic E-state index is 11.4. The van der Waals surface area contributed by atoms with Crippen LogP contribution in [0.3, 0.4) is 0 Å². The standard InChI is InChI=1S/C11H12O2/c1-2-6-10(12)11(13)9-7-4-3-5-8-9/h2-8,10,12H,1H3. The van der Waals surface area contributed by atoms with Gasteiger partial charge in [-0.15, -0.1) is 0 Å². The van der Waals surface area contributed by atoms with E-state index in [0.29, 0.717) is 5.56 Å². The maximum absolute atomic E-state index is 11.4. The van der Waals surface area contributed by atoms with Crippen LogP contribution in [0.5, 0.6) is 0 Å². The number of Topliss-reactive ketones (excluding diaryl/α,β-unsaturated/α-hetero) is 1. The summed E-state index contributed by atoms with van der Waals surface area (Å²) in [4.78, 5) is 11.4. The molecule has 68 valence electrons. The van der Waals surface area contributed by atoms with Gasteiger partial charge in [0, 0.05) is 5.56 Å². The molecule has 0 aromatic heterocycles. The molecule has 1 N–H and O–H groups in total. The van der Waals surface area contributed by atoms with Gasteiger partial charge in [-0.3, -0.25) is 4.79 Å². The second-order valence-corrected chi connectivity index (χ2v) is 2.70. The van der Waals surface area contributed by atoms with E-state index in [9.17, 15) is 9.90 Å². The highest BCUT2D eigenvalue weighted by Gasteiger charge is 2.12. The first-order chi connectivity index (χ1) is 6.25. The molecule has 1 aromatic carbocycles. The van der Waals surface area contributed by atoms with Crippen LogP contribution in [-0.4, -0.2) is 17.0 Å². The van der Waals surface area contributed by atoms with Crippen LogP contribution in [0.2, 0.25) is 0 Å². The Morgan fingerprint density at radius 3 is 2.54 bits per heavy atom. The second kappa shape index (κ2) is 4.58. The number of ketones is 1. The predicted molar refractivity (Wildman–Crippen MR) is 51.6 cm³/mol. The molecular formula is C11H12O2. The largest absolute Gasteiger partial charge is 0.381 e. The second-order valence-electron chi connectivity index (χ2n) is 2.70. The number of aliphatic hydroxyl groups is 1. The van der Waals surface area contributed by atoms with Gasteiger partial charge in [-0.1, -0.05) is 42.5 Å². The molecule has 13 heavy (non-hydrogen) atoms. The topological polar surface area (TPSA) is 37.3 Å². The number of benzene rings is 1. The van der Waals surface area contributed by atoms with Crippen molar-refractivity contribution in [3.8, 4) is 0 Å².